The Labute approximate surface area is 70.9 Å². The Morgan fingerprint density at radius 1 is 0.800 bits per heavy atom. The van der Waals surface area contributed by atoms with Gasteiger partial charge in [-0.1, -0.05) is 34.4 Å². The average Bonchev–Trinajstić information content (AvgIpc) is 2.05. The molecule has 1 heterocycles. The standard InChI is InChI=1S/C8H14S2/c1-2-4-8-6-10-9-5-7(8)3-1/h7-8H,1-6H2/t7-,8+. The summed E-state index contributed by atoms with van der Waals surface area (Å²) in [6.45, 7) is 0. The maximum atomic E-state index is 2.10. The molecule has 10 heavy (non-hydrogen) atoms. The van der Waals surface area contributed by atoms with Crippen LogP contribution in [-0.2, 0) is 0 Å². The molecule has 2 aliphatic rings. The van der Waals surface area contributed by atoms with E-state index in [-0.39, 0.29) is 0 Å². The van der Waals surface area contributed by atoms with Crippen LogP contribution in [0.25, 0.3) is 0 Å². The molecule has 1 saturated heterocycles. The molecule has 0 amide bonds. The zero-order valence-corrected chi connectivity index (χ0v) is 7.85. The minimum atomic E-state index is 1.10. The highest BCUT2D eigenvalue weighted by Crippen LogP contribution is 2.43. The van der Waals surface area contributed by atoms with Gasteiger partial charge in [-0.2, -0.15) is 0 Å². The van der Waals surface area contributed by atoms with Crippen molar-refractivity contribution in [3.63, 3.8) is 0 Å². The van der Waals surface area contributed by atoms with Crippen LogP contribution in [-0.4, -0.2) is 11.5 Å². The Bertz CT molecular complexity index is 87.8. The topological polar surface area (TPSA) is 0 Å². The van der Waals surface area contributed by atoms with E-state index in [1.54, 1.807) is 0 Å². The molecule has 0 nitrogen and oxygen atoms in total. The van der Waals surface area contributed by atoms with E-state index in [1.165, 1.54) is 37.2 Å². The van der Waals surface area contributed by atoms with Gasteiger partial charge in [0.25, 0.3) is 0 Å². The third kappa shape index (κ3) is 1.48. The van der Waals surface area contributed by atoms with Crippen LogP contribution in [0.15, 0.2) is 0 Å². The zero-order chi connectivity index (χ0) is 6.81. The van der Waals surface area contributed by atoms with Crippen molar-refractivity contribution in [1.82, 2.24) is 0 Å². The normalized spacial score (nSPS) is 40.8. The molecule has 0 spiro atoms. The van der Waals surface area contributed by atoms with Crippen molar-refractivity contribution in [3.8, 4) is 0 Å². The number of hydrogen-bond acceptors (Lipinski definition) is 2. The lowest BCUT2D eigenvalue weighted by Gasteiger charge is -2.34. The lowest BCUT2D eigenvalue weighted by molar-refractivity contribution is 0.286. The van der Waals surface area contributed by atoms with E-state index in [4.69, 9.17) is 0 Å². The fraction of sp³-hybridized carbons (Fsp3) is 1.00. The molecular weight excluding hydrogens is 160 g/mol. The van der Waals surface area contributed by atoms with Gasteiger partial charge in [0.2, 0.25) is 0 Å². The first-order chi connectivity index (χ1) is 4.97. The van der Waals surface area contributed by atoms with Crippen molar-refractivity contribution < 1.29 is 0 Å². The van der Waals surface area contributed by atoms with Gasteiger partial charge in [0.1, 0.15) is 0 Å². The first-order valence-electron chi connectivity index (χ1n) is 4.21. The minimum absolute atomic E-state index is 1.10. The number of fused-ring (bicyclic) bond motifs is 1. The van der Waals surface area contributed by atoms with Gasteiger partial charge in [-0.3, -0.25) is 0 Å². The molecule has 0 aromatic carbocycles. The van der Waals surface area contributed by atoms with Crippen LogP contribution in [0.4, 0.5) is 0 Å². The lowest BCUT2D eigenvalue weighted by atomic mass is 9.81. The number of rotatable bonds is 0. The first kappa shape index (κ1) is 7.35. The molecule has 58 valence electrons. The molecule has 0 unspecified atom stereocenters. The van der Waals surface area contributed by atoms with Gasteiger partial charge in [-0.15, -0.1) is 0 Å². The summed E-state index contributed by atoms with van der Waals surface area (Å²) in [5.41, 5.74) is 0. The molecule has 1 saturated carbocycles. The maximum absolute atomic E-state index is 2.10. The molecule has 0 radical (unpaired) electrons. The molecule has 2 fully saturated rings. The van der Waals surface area contributed by atoms with Crippen LogP contribution in [0, 0.1) is 11.8 Å². The smallest absolute Gasteiger partial charge is 0.00682 e. The Morgan fingerprint density at radius 3 is 1.80 bits per heavy atom. The summed E-state index contributed by atoms with van der Waals surface area (Å²) in [5, 5.41) is 0. The molecular formula is C8H14S2. The highest BCUT2D eigenvalue weighted by molar-refractivity contribution is 8.76. The van der Waals surface area contributed by atoms with Crippen LogP contribution in [0.5, 0.6) is 0 Å². The van der Waals surface area contributed by atoms with E-state index < -0.39 is 0 Å². The van der Waals surface area contributed by atoms with Crippen molar-refractivity contribution in [2.45, 2.75) is 25.7 Å². The highest BCUT2D eigenvalue weighted by Gasteiger charge is 2.27. The molecule has 0 bridgehead atoms. The van der Waals surface area contributed by atoms with Crippen LogP contribution < -0.4 is 0 Å². The van der Waals surface area contributed by atoms with Crippen molar-refractivity contribution in [3.05, 3.63) is 0 Å². The third-order valence-corrected chi connectivity index (χ3v) is 5.33. The molecule has 0 aromatic rings. The molecule has 2 atom stereocenters. The predicted molar refractivity (Wildman–Crippen MR) is 50.4 cm³/mol. The van der Waals surface area contributed by atoms with Crippen LogP contribution >= 0.6 is 21.6 Å². The van der Waals surface area contributed by atoms with Gasteiger partial charge < -0.3 is 0 Å². The van der Waals surface area contributed by atoms with Gasteiger partial charge in [-0.05, 0) is 24.7 Å². The maximum Gasteiger partial charge on any atom is 0.00682 e. The summed E-state index contributed by atoms with van der Waals surface area (Å²) < 4.78 is 0. The summed E-state index contributed by atoms with van der Waals surface area (Å²) in [6, 6.07) is 0. The van der Waals surface area contributed by atoms with Crippen LogP contribution in [0.1, 0.15) is 25.7 Å². The van der Waals surface area contributed by atoms with Crippen molar-refractivity contribution in [1.29, 1.82) is 0 Å². The van der Waals surface area contributed by atoms with Gasteiger partial charge in [0, 0.05) is 11.5 Å². The van der Waals surface area contributed by atoms with E-state index in [1.807, 2.05) is 0 Å². The second-order valence-electron chi connectivity index (χ2n) is 3.37. The molecule has 2 heteroatoms. The fourth-order valence-electron chi connectivity index (χ4n) is 1.99. The Kier molecular flexibility index (Phi) is 2.50. The lowest BCUT2D eigenvalue weighted by Crippen LogP contribution is -2.25. The van der Waals surface area contributed by atoms with Gasteiger partial charge >= 0.3 is 0 Å². The SMILES string of the molecule is C1CC[C@H]2CSSC[C@H]2C1. The predicted octanol–water partition coefficient (Wildman–Crippen LogP) is 3.19. The van der Waals surface area contributed by atoms with E-state index in [0.29, 0.717) is 0 Å². The van der Waals surface area contributed by atoms with E-state index in [2.05, 4.69) is 21.6 Å². The molecule has 0 aromatic heterocycles. The first-order valence-corrected chi connectivity index (χ1v) is 6.70. The van der Waals surface area contributed by atoms with Crippen molar-refractivity contribution in [2.75, 3.05) is 11.5 Å². The summed E-state index contributed by atoms with van der Waals surface area (Å²) in [4.78, 5) is 0. The molecule has 2 rings (SSSR count). The summed E-state index contributed by atoms with van der Waals surface area (Å²) in [5.74, 6) is 5.07. The van der Waals surface area contributed by atoms with Gasteiger partial charge in [0.15, 0.2) is 0 Å². The Morgan fingerprint density at radius 2 is 1.30 bits per heavy atom. The summed E-state index contributed by atoms with van der Waals surface area (Å²) in [7, 11) is 4.19. The second kappa shape index (κ2) is 3.40. The van der Waals surface area contributed by atoms with E-state index in [0.717, 1.165) is 11.8 Å². The molecule has 1 aliphatic heterocycles. The third-order valence-electron chi connectivity index (χ3n) is 2.71. The number of hydrogen-bond donors (Lipinski definition) is 0. The monoisotopic (exact) mass is 174 g/mol. The Hall–Kier alpha value is 0.700. The molecule has 0 N–H and O–H groups in total. The van der Waals surface area contributed by atoms with Gasteiger partial charge in [0.05, 0.1) is 0 Å². The Balaban J connectivity index is 1.93. The quantitative estimate of drug-likeness (QED) is 0.517. The van der Waals surface area contributed by atoms with E-state index in [9.17, 15) is 0 Å². The second-order valence-corrected chi connectivity index (χ2v) is 5.93. The minimum Gasteiger partial charge on any atom is -0.0938 e. The van der Waals surface area contributed by atoms with Crippen molar-refractivity contribution in [2.24, 2.45) is 11.8 Å². The summed E-state index contributed by atoms with van der Waals surface area (Å²) in [6.07, 6.45) is 6.06. The van der Waals surface area contributed by atoms with Crippen LogP contribution in [0.3, 0.4) is 0 Å². The van der Waals surface area contributed by atoms with Gasteiger partial charge in [-0.25, -0.2) is 0 Å². The fourth-order valence-corrected chi connectivity index (χ4v) is 5.04. The zero-order valence-electron chi connectivity index (χ0n) is 6.21. The van der Waals surface area contributed by atoms with Crippen molar-refractivity contribution >= 4 is 21.6 Å². The highest BCUT2D eigenvalue weighted by atomic mass is 33.1. The van der Waals surface area contributed by atoms with E-state index >= 15 is 0 Å². The van der Waals surface area contributed by atoms with Crippen LogP contribution in [0.2, 0.25) is 0 Å². The average molecular weight is 174 g/mol. The molecule has 1 aliphatic carbocycles. The summed E-state index contributed by atoms with van der Waals surface area (Å²) >= 11 is 0. The largest absolute Gasteiger partial charge is 0.0938 e.